The van der Waals surface area contributed by atoms with Gasteiger partial charge in [0.05, 0.1) is 0 Å². The number of fused-ring (bicyclic) bond motifs is 4. The molecule has 1 saturated carbocycles. The van der Waals surface area contributed by atoms with Crippen LogP contribution in [0.2, 0.25) is 5.28 Å². The van der Waals surface area contributed by atoms with Crippen molar-refractivity contribution in [2.75, 3.05) is 18.1 Å². The molecule has 6 nitrogen and oxygen atoms in total. The number of aromatic nitrogens is 4. The Morgan fingerprint density at radius 3 is 2.78 bits per heavy atom. The number of aryl methyl sites for hydroxylation is 1. The maximum Gasteiger partial charge on any atom is 0.226 e. The van der Waals surface area contributed by atoms with E-state index in [0.29, 0.717) is 11.3 Å². The van der Waals surface area contributed by atoms with Crippen LogP contribution in [0.1, 0.15) is 38.9 Å². The molecule has 23 heavy (non-hydrogen) atoms. The molecule has 0 amide bonds. The molecular formula is C16H20ClN5O. The quantitative estimate of drug-likeness (QED) is 0.751. The molecule has 122 valence electrons. The number of anilines is 1. The number of nitrogens with zero attached hydrogens (tertiary/aromatic N) is 5. The molecular weight excluding hydrogens is 314 g/mol. The number of rotatable bonds is 1. The van der Waals surface area contributed by atoms with Gasteiger partial charge in [-0.3, -0.25) is 0 Å². The van der Waals surface area contributed by atoms with E-state index < -0.39 is 5.60 Å². The van der Waals surface area contributed by atoms with Crippen molar-refractivity contribution in [2.24, 2.45) is 5.92 Å². The fourth-order valence-corrected chi connectivity index (χ4v) is 4.40. The third kappa shape index (κ3) is 1.94. The molecule has 3 fully saturated rings. The molecule has 0 aromatic carbocycles. The van der Waals surface area contributed by atoms with Gasteiger partial charge >= 0.3 is 0 Å². The fraction of sp³-hybridized carbons (Fsp3) is 0.688. The minimum absolute atomic E-state index is 0.308. The summed E-state index contributed by atoms with van der Waals surface area (Å²) in [6, 6.07) is 0.597. The van der Waals surface area contributed by atoms with Gasteiger partial charge < -0.3 is 14.2 Å². The van der Waals surface area contributed by atoms with E-state index >= 15 is 0 Å². The zero-order chi connectivity index (χ0) is 15.8. The Morgan fingerprint density at radius 1 is 1.22 bits per heavy atom. The summed E-state index contributed by atoms with van der Waals surface area (Å²) in [5, 5.41) is 0.308. The van der Waals surface area contributed by atoms with Crippen LogP contribution in [0, 0.1) is 5.92 Å². The Labute approximate surface area is 139 Å². The Balaban J connectivity index is 1.74. The molecule has 6 rings (SSSR count). The molecule has 2 bridgehead atoms. The number of ether oxygens (including phenoxy) is 1. The smallest absolute Gasteiger partial charge is 0.226 e. The van der Waals surface area contributed by atoms with Gasteiger partial charge in [0, 0.05) is 25.7 Å². The highest BCUT2D eigenvalue weighted by Gasteiger charge is 2.44. The topological polar surface area (TPSA) is 56.1 Å². The highest BCUT2D eigenvalue weighted by Crippen LogP contribution is 2.44. The van der Waals surface area contributed by atoms with E-state index in [0.717, 1.165) is 54.8 Å². The predicted molar refractivity (Wildman–Crippen MR) is 87.8 cm³/mol. The van der Waals surface area contributed by atoms with E-state index in [1.807, 2.05) is 0 Å². The van der Waals surface area contributed by atoms with E-state index in [1.54, 1.807) is 0 Å². The summed E-state index contributed by atoms with van der Waals surface area (Å²) in [5.74, 6) is 2.64. The SMILES string of the molecule is CC1(C)OCCCn2c1nc1c(N3CC4CC3C4)nc(Cl)nc12. The minimum Gasteiger partial charge on any atom is -0.368 e. The molecule has 0 spiro atoms. The van der Waals surface area contributed by atoms with Crippen LogP contribution in [-0.2, 0) is 16.9 Å². The van der Waals surface area contributed by atoms with Gasteiger partial charge in [0.2, 0.25) is 5.28 Å². The first-order valence-electron chi connectivity index (χ1n) is 8.38. The first-order valence-corrected chi connectivity index (χ1v) is 8.75. The van der Waals surface area contributed by atoms with Crippen molar-refractivity contribution in [3.8, 4) is 0 Å². The van der Waals surface area contributed by atoms with E-state index in [1.165, 1.54) is 12.8 Å². The molecule has 2 aromatic rings. The first-order chi connectivity index (χ1) is 11.0. The second-order valence-corrected chi connectivity index (χ2v) is 7.77. The summed E-state index contributed by atoms with van der Waals surface area (Å²) in [5.41, 5.74) is 1.29. The monoisotopic (exact) mass is 333 g/mol. The Hall–Kier alpha value is -1.40. The summed E-state index contributed by atoms with van der Waals surface area (Å²) in [7, 11) is 0. The Bertz CT molecular complexity index is 795. The van der Waals surface area contributed by atoms with E-state index in [-0.39, 0.29) is 0 Å². The van der Waals surface area contributed by atoms with E-state index in [2.05, 4.69) is 33.3 Å². The second-order valence-electron chi connectivity index (χ2n) is 7.43. The maximum absolute atomic E-state index is 6.25. The third-order valence-corrected chi connectivity index (χ3v) is 5.62. The summed E-state index contributed by atoms with van der Waals surface area (Å²) >= 11 is 6.25. The van der Waals surface area contributed by atoms with Crippen LogP contribution >= 0.6 is 11.6 Å². The molecule has 2 saturated heterocycles. The second kappa shape index (κ2) is 4.57. The average molecular weight is 334 g/mol. The van der Waals surface area contributed by atoms with Crippen molar-refractivity contribution in [1.29, 1.82) is 0 Å². The normalized spacial score (nSPS) is 28.6. The molecule has 0 unspecified atom stereocenters. The largest absolute Gasteiger partial charge is 0.368 e. The average Bonchev–Trinajstić information content (AvgIpc) is 3.12. The molecule has 1 aliphatic carbocycles. The molecule has 5 heterocycles. The van der Waals surface area contributed by atoms with E-state index in [9.17, 15) is 0 Å². The number of hydrogen-bond acceptors (Lipinski definition) is 5. The molecule has 3 aliphatic heterocycles. The Morgan fingerprint density at radius 2 is 2.04 bits per heavy atom. The Kier molecular flexibility index (Phi) is 2.78. The lowest BCUT2D eigenvalue weighted by Gasteiger charge is -2.26. The van der Waals surface area contributed by atoms with Gasteiger partial charge in [-0.25, -0.2) is 4.98 Å². The van der Waals surface area contributed by atoms with Crippen molar-refractivity contribution < 1.29 is 4.74 Å². The number of halogens is 1. The molecule has 0 radical (unpaired) electrons. The van der Waals surface area contributed by atoms with Crippen LogP contribution in [0.3, 0.4) is 0 Å². The van der Waals surface area contributed by atoms with Gasteiger partial charge in [-0.05, 0) is 50.6 Å². The lowest BCUT2D eigenvalue weighted by atomic mass is 9.86. The predicted octanol–water partition coefficient (Wildman–Crippen LogP) is 2.73. The maximum atomic E-state index is 6.25. The fourth-order valence-electron chi connectivity index (χ4n) is 4.24. The molecule has 4 aliphatic rings. The van der Waals surface area contributed by atoms with Crippen molar-refractivity contribution in [1.82, 2.24) is 19.5 Å². The summed E-state index contributed by atoms with van der Waals surface area (Å²) in [4.78, 5) is 16.3. The van der Waals surface area contributed by atoms with Gasteiger partial charge in [-0.15, -0.1) is 0 Å². The van der Waals surface area contributed by atoms with Crippen molar-refractivity contribution >= 4 is 28.6 Å². The summed E-state index contributed by atoms with van der Waals surface area (Å²) < 4.78 is 8.16. The highest BCUT2D eigenvalue weighted by molar-refractivity contribution is 6.28. The summed E-state index contributed by atoms with van der Waals surface area (Å²) in [6.45, 7) is 6.79. The van der Waals surface area contributed by atoms with Crippen molar-refractivity contribution in [2.45, 2.75) is 51.3 Å². The standard InChI is InChI=1S/C16H20ClN5O/c1-16(2)14-18-11-12(21(14)4-3-5-23-16)19-15(17)20-13(11)22-8-9-6-10(22)7-9/h9-10H,3-8H2,1-2H3. The lowest BCUT2D eigenvalue weighted by molar-refractivity contribution is -0.0219. The molecule has 0 atom stereocenters. The number of hydrogen-bond donors (Lipinski definition) is 0. The zero-order valence-electron chi connectivity index (χ0n) is 13.4. The van der Waals surface area contributed by atoms with Gasteiger partial charge in [-0.1, -0.05) is 0 Å². The van der Waals surface area contributed by atoms with Gasteiger partial charge in [0.1, 0.15) is 11.4 Å². The first kappa shape index (κ1) is 14.0. The van der Waals surface area contributed by atoms with Crippen LogP contribution in [0.4, 0.5) is 5.82 Å². The van der Waals surface area contributed by atoms with Crippen LogP contribution in [0.15, 0.2) is 0 Å². The van der Waals surface area contributed by atoms with Crippen molar-refractivity contribution in [3.05, 3.63) is 11.1 Å². The molecule has 2 aromatic heterocycles. The van der Waals surface area contributed by atoms with Gasteiger partial charge in [0.25, 0.3) is 0 Å². The molecule has 7 heteroatoms. The minimum atomic E-state index is -0.423. The third-order valence-electron chi connectivity index (χ3n) is 5.45. The van der Waals surface area contributed by atoms with E-state index in [4.69, 9.17) is 21.3 Å². The van der Waals surface area contributed by atoms with Gasteiger partial charge in [0.15, 0.2) is 17.0 Å². The zero-order valence-corrected chi connectivity index (χ0v) is 14.2. The molecule has 0 N–H and O–H groups in total. The van der Waals surface area contributed by atoms with Crippen molar-refractivity contribution in [3.63, 3.8) is 0 Å². The van der Waals surface area contributed by atoms with Crippen LogP contribution in [0.5, 0.6) is 0 Å². The highest BCUT2D eigenvalue weighted by atomic mass is 35.5. The van der Waals surface area contributed by atoms with Crippen LogP contribution in [-0.4, -0.2) is 38.7 Å². The lowest BCUT2D eigenvalue weighted by Crippen LogP contribution is -2.29. The summed E-state index contributed by atoms with van der Waals surface area (Å²) in [6.07, 6.45) is 3.49. The van der Waals surface area contributed by atoms with Crippen LogP contribution < -0.4 is 4.90 Å². The number of imidazole rings is 1. The van der Waals surface area contributed by atoms with Crippen LogP contribution in [0.25, 0.3) is 11.2 Å². The van der Waals surface area contributed by atoms with Gasteiger partial charge in [-0.2, -0.15) is 9.97 Å².